The van der Waals surface area contributed by atoms with Gasteiger partial charge in [-0.25, -0.2) is 4.79 Å². The molecule has 3 aromatic rings. The molecular weight excluding hydrogens is 386 g/mol. The summed E-state index contributed by atoms with van der Waals surface area (Å²) in [6.07, 6.45) is 0.630. The molecule has 2 aliphatic rings. The summed E-state index contributed by atoms with van der Waals surface area (Å²) in [6.45, 7) is 0.288. The van der Waals surface area contributed by atoms with E-state index in [9.17, 15) is 10.1 Å². The van der Waals surface area contributed by atoms with E-state index < -0.39 is 5.97 Å². The zero-order valence-corrected chi connectivity index (χ0v) is 16.2. The Morgan fingerprint density at radius 1 is 1.03 bits per heavy atom. The third kappa shape index (κ3) is 2.77. The summed E-state index contributed by atoms with van der Waals surface area (Å²) in [6, 6.07) is 13.3. The first kappa shape index (κ1) is 18.1. The van der Waals surface area contributed by atoms with E-state index in [1.165, 1.54) is 7.11 Å². The molecule has 0 bridgehead atoms. The predicted molar refractivity (Wildman–Crippen MR) is 107 cm³/mol. The molecule has 0 atom stereocenters. The Morgan fingerprint density at radius 2 is 1.80 bits per heavy atom. The normalized spacial score (nSPS) is 13.3. The molecule has 30 heavy (non-hydrogen) atoms. The molecule has 7 heteroatoms. The van der Waals surface area contributed by atoms with Gasteiger partial charge in [-0.2, -0.15) is 5.26 Å². The fourth-order valence-electron chi connectivity index (χ4n) is 4.00. The number of nitrogens with zero attached hydrogens (tertiary/aromatic N) is 1. The number of carbonyl (C=O) groups excluding carboxylic acids is 1. The van der Waals surface area contributed by atoms with Crippen LogP contribution in [0.15, 0.2) is 36.4 Å². The van der Waals surface area contributed by atoms with Crippen molar-refractivity contribution in [3.63, 3.8) is 0 Å². The minimum atomic E-state index is -0.454. The summed E-state index contributed by atoms with van der Waals surface area (Å²) >= 11 is 0. The molecule has 0 unspecified atom stereocenters. The topological polar surface area (TPSA) is 87.0 Å². The maximum atomic E-state index is 12.6. The zero-order valence-electron chi connectivity index (χ0n) is 16.2. The van der Waals surface area contributed by atoms with Crippen molar-refractivity contribution >= 4 is 16.7 Å². The van der Waals surface area contributed by atoms with Gasteiger partial charge in [-0.05, 0) is 52.8 Å². The van der Waals surface area contributed by atoms with Gasteiger partial charge < -0.3 is 23.7 Å². The average molecular weight is 403 g/mol. The molecule has 0 spiro atoms. The Balaban J connectivity index is 1.88. The third-order valence-corrected chi connectivity index (χ3v) is 5.30. The van der Waals surface area contributed by atoms with Gasteiger partial charge in [0.25, 0.3) is 0 Å². The summed E-state index contributed by atoms with van der Waals surface area (Å²) in [7, 11) is 1.35. The van der Waals surface area contributed by atoms with Crippen molar-refractivity contribution in [3.05, 3.63) is 47.5 Å². The highest BCUT2D eigenvalue weighted by molar-refractivity contribution is 6.09. The summed E-state index contributed by atoms with van der Waals surface area (Å²) in [5, 5.41) is 10.9. The van der Waals surface area contributed by atoms with Gasteiger partial charge in [-0.1, -0.05) is 12.1 Å². The molecule has 0 saturated heterocycles. The Labute approximate surface area is 172 Å². The molecule has 0 radical (unpaired) electrons. The molecule has 0 aromatic heterocycles. The minimum absolute atomic E-state index is 0.126. The van der Waals surface area contributed by atoms with Crippen molar-refractivity contribution < 1.29 is 28.5 Å². The molecule has 0 aliphatic carbocycles. The number of hydrogen-bond donors (Lipinski definition) is 0. The summed E-state index contributed by atoms with van der Waals surface area (Å²) in [4.78, 5) is 12.6. The van der Waals surface area contributed by atoms with Gasteiger partial charge in [0.1, 0.15) is 0 Å². The summed E-state index contributed by atoms with van der Waals surface area (Å²) in [5.74, 6) is 2.09. The van der Waals surface area contributed by atoms with Crippen LogP contribution in [0.4, 0.5) is 0 Å². The third-order valence-electron chi connectivity index (χ3n) is 5.30. The Bertz CT molecular complexity index is 1230. The second kappa shape index (κ2) is 7.16. The van der Waals surface area contributed by atoms with E-state index in [2.05, 4.69) is 6.07 Å². The van der Waals surface area contributed by atoms with Crippen LogP contribution in [0.3, 0.4) is 0 Å². The first-order chi connectivity index (χ1) is 14.7. The van der Waals surface area contributed by atoms with Gasteiger partial charge >= 0.3 is 5.97 Å². The molecule has 0 amide bonds. The van der Waals surface area contributed by atoms with Crippen LogP contribution in [0.25, 0.3) is 21.9 Å². The smallest absolute Gasteiger partial charge is 0.338 e. The van der Waals surface area contributed by atoms with E-state index in [-0.39, 0.29) is 20.0 Å². The van der Waals surface area contributed by atoms with E-state index in [0.717, 1.165) is 27.5 Å². The van der Waals surface area contributed by atoms with Crippen molar-refractivity contribution in [2.75, 3.05) is 20.7 Å². The molecular formula is C23H17NO6. The number of fused-ring (bicyclic) bond motifs is 4. The molecule has 150 valence electrons. The molecule has 0 fully saturated rings. The van der Waals surface area contributed by atoms with Gasteiger partial charge in [-0.3, -0.25) is 0 Å². The van der Waals surface area contributed by atoms with Crippen LogP contribution >= 0.6 is 0 Å². The fourth-order valence-corrected chi connectivity index (χ4v) is 4.00. The van der Waals surface area contributed by atoms with Crippen LogP contribution in [0.2, 0.25) is 0 Å². The molecule has 3 aromatic carbocycles. The fraction of sp³-hybridized carbons (Fsp3) is 0.217. The lowest BCUT2D eigenvalue weighted by Crippen LogP contribution is -2.08. The van der Waals surface area contributed by atoms with Crippen LogP contribution in [0.5, 0.6) is 23.0 Å². The van der Waals surface area contributed by atoms with Gasteiger partial charge in [0.2, 0.25) is 13.6 Å². The van der Waals surface area contributed by atoms with Gasteiger partial charge in [-0.15, -0.1) is 0 Å². The number of ether oxygens (including phenoxy) is 5. The molecule has 2 heterocycles. The Morgan fingerprint density at radius 3 is 2.63 bits per heavy atom. The largest absolute Gasteiger partial charge is 0.465 e. The highest BCUT2D eigenvalue weighted by atomic mass is 16.7. The first-order valence-electron chi connectivity index (χ1n) is 9.44. The van der Waals surface area contributed by atoms with Crippen molar-refractivity contribution in [3.8, 4) is 40.2 Å². The number of hydrogen-bond acceptors (Lipinski definition) is 7. The predicted octanol–water partition coefficient (Wildman–Crippen LogP) is 4.21. The van der Waals surface area contributed by atoms with Crippen molar-refractivity contribution in [2.45, 2.75) is 12.8 Å². The zero-order chi connectivity index (χ0) is 20.7. The van der Waals surface area contributed by atoms with Crippen molar-refractivity contribution in [1.29, 1.82) is 5.26 Å². The van der Waals surface area contributed by atoms with Crippen molar-refractivity contribution in [2.24, 2.45) is 0 Å². The maximum Gasteiger partial charge on any atom is 0.338 e. The molecule has 5 rings (SSSR count). The molecule has 0 saturated carbocycles. The number of nitriles is 1. The second-order valence-electron chi connectivity index (χ2n) is 6.89. The Hall–Kier alpha value is -3.92. The van der Waals surface area contributed by atoms with Gasteiger partial charge in [0.15, 0.2) is 23.0 Å². The number of benzene rings is 3. The first-order valence-corrected chi connectivity index (χ1v) is 9.44. The minimum Gasteiger partial charge on any atom is -0.465 e. The summed E-state index contributed by atoms with van der Waals surface area (Å²) in [5.41, 5.74) is 2.76. The van der Waals surface area contributed by atoms with E-state index in [0.29, 0.717) is 35.0 Å². The maximum absolute atomic E-state index is 12.6. The van der Waals surface area contributed by atoms with Crippen LogP contribution in [-0.2, 0) is 11.2 Å². The van der Waals surface area contributed by atoms with E-state index in [1.54, 1.807) is 6.07 Å². The van der Waals surface area contributed by atoms with Crippen LogP contribution in [0.1, 0.15) is 22.3 Å². The van der Waals surface area contributed by atoms with Crippen LogP contribution in [0, 0.1) is 11.3 Å². The SMILES string of the molecule is COC(=O)c1cc2ccc3c(c2c(-c2ccc4c(c2)OCO4)c1CCC#N)OCO3. The average Bonchev–Trinajstić information content (AvgIpc) is 3.44. The highest BCUT2D eigenvalue weighted by Gasteiger charge is 2.27. The number of rotatable bonds is 4. The Kier molecular flexibility index (Phi) is 4.32. The van der Waals surface area contributed by atoms with Gasteiger partial charge in [0, 0.05) is 11.8 Å². The summed E-state index contributed by atoms with van der Waals surface area (Å²) < 4.78 is 27.4. The molecule has 7 nitrogen and oxygen atoms in total. The quantitative estimate of drug-likeness (QED) is 0.603. The van der Waals surface area contributed by atoms with E-state index in [4.69, 9.17) is 23.7 Å². The van der Waals surface area contributed by atoms with E-state index in [1.807, 2.05) is 30.3 Å². The van der Waals surface area contributed by atoms with Crippen molar-refractivity contribution in [1.82, 2.24) is 0 Å². The lowest BCUT2D eigenvalue weighted by Gasteiger charge is -2.18. The van der Waals surface area contributed by atoms with E-state index >= 15 is 0 Å². The lowest BCUT2D eigenvalue weighted by atomic mass is 9.87. The number of carbonyl (C=O) groups is 1. The monoisotopic (exact) mass is 403 g/mol. The number of esters is 1. The second-order valence-corrected chi connectivity index (χ2v) is 6.89. The molecule has 2 aliphatic heterocycles. The molecule has 0 N–H and O–H groups in total. The van der Waals surface area contributed by atoms with Crippen LogP contribution in [-0.4, -0.2) is 26.7 Å². The highest BCUT2D eigenvalue weighted by Crippen LogP contribution is 2.48. The number of methoxy groups -OCH3 is 1. The lowest BCUT2D eigenvalue weighted by molar-refractivity contribution is 0.0599. The van der Waals surface area contributed by atoms with Crippen LogP contribution < -0.4 is 18.9 Å². The standard InChI is InChI=1S/C23H17NO6/c1-26-23(25)16-9-13-5-7-18-22(30-12-28-18)21(13)20(15(16)3-2-8-24)14-4-6-17-19(10-14)29-11-27-17/h4-7,9-10H,2-3,11-12H2,1H3. The van der Waals surface area contributed by atoms with Gasteiger partial charge in [0.05, 0.1) is 18.7 Å².